The van der Waals surface area contributed by atoms with E-state index in [1.165, 1.54) is 0 Å². The molecule has 3 fully saturated rings. The van der Waals surface area contributed by atoms with Crippen LogP contribution in [0, 0.1) is 0 Å². The molecule has 2 nitrogen and oxygen atoms in total. The third kappa shape index (κ3) is 3.22. The van der Waals surface area contributed by atoms with Crippen LogP contribution in [0.15, 0.2) is 16.8 Å². The van der Waals surface area contributed by atoms with Gasteiger partial charge in [0.1, 0.15) is 10.2 Å². The number of hydrogen-bond donors (Lipinski definition) is 0. The van der Waals surface area contributed by atoms with Gasteiger partial charge in [0.2, 0.25) is 0 Å². The van der Waals surface area contributed by atoms with E-state index in [2.05, 4.69) is 64.8 Å². The average Bonchev–Trinajstić information content (AvgIpc) is 2.92. The minimum Gasteiger partial charge on any atom is -0.412 e. The molecule has 0 aromatic heterocycles. The highest BCUT2D eigenvalue weighted by Crippen LogP contribution is 2.50. The van der Waals surface area contributed by atoms with Crippen LogP contribution in [-0.4, -0.2) is 45.6 Å². The Kier molecular flexibility index (Phi) is 5.64. The van der Waals surface area contributed by atoms with Crippen LogP contribution >= 0.6 is 59.4 Å². The molecule has 3 aliphatic heterocycles. The minimum atomic E-state index is 0.0432. The molecule has 3 heterocycles. The Labute approximate surface area is 156 Å². The SMILES string of the molecule is C[C@@H]1O[C@H](C=C=CBr)C[C@@H]2[C@H](Cl)C[C@H]3[C@@H](Br)C[C@H]([C@H]1Br)[O+]23. The molecule has 0 aromatic carbocycles. The lowest BCUT2D eigenvalue weighted by Gasteiger charge is -2.37. The molecular weight excluding hydrogens is 487 g/mol. The average molecular weight is 506 g/mol. The summed E-state index contributed by atoms with van der Waals surface area (Å²) in [5, 5.41) is 0.170. The quantitative estimate of drug-likeness (QED) is 0.282. The van der Waals surface area contributed by atoms with Crippen LogP contribution in [0.2, 0.25) is 0 Å². The van der Waals surface area contributed by atoms with Gasteiger partial charge in [0.15, 0.2) is 18.3 Å². The second-order valence-corrected chi connectivity index (χ2v) is 9.28. The van der Waals surface area contributed by atoms with Crippen molar-refractivity contribution in [2.45, 2.75) is 71.7 Å². The summed E-state index contributed by atoms with van der Waals surface area (Å²) in [5.41, 5.74) is 3.09. The maximum absolute atomic E-state index is 6.65. The Morgan fingerprint density at radius 1 is 1.19 bits per heavy atom. The molecule has 0 bridgehead atoms. The van der Waals surface area contributed by atoms with Crippen molar-refractivity contribution in [1.82, 2.24) is 0 Å². The van der Waals surface area contributed by atoms with E-state index < -0.39 is 0 Å². The molecule has 0 unspecified atom stereocenters. The van der Waals surface area contributed by atoms with E-state index in [9.17, 15) is 0 Å². The van der Waals surface area contributed by atoms with Gasteiger partial charge in [-0.1, -0.05) is 47.8 Å². The fraction of sp³-hybridized carbons (Fsp3) is 0.800. The first-order valence-electron chi connectivity index (χ1n) is 7.32. The topological polar surface area (TPSA) is 11.9 Å². The summed E-state index contributed by atoms with van der Waals surface area (Å²) in [4.78, 5) is 2.53. The number of alkyl halides is 3. The molecule has 0 N–H and O–H groups in total. The van der Waals surface area contributed by atoms with E-state index in [4.69, 9.17) is 16.3 Å². The zero-order chi connectivity index (χ0) is 15.1. The Morgan fingerprint density at radius 3 is 2.67 bits per heavy atom. The van der Waals surface area contributed by atoms with E-state index >= 15 is 0 Å². The summed E-state index contributed by atoms with van der Waals surface area (Å²) in [6.07, 6.45) is 6.44. The second kappa shape index (κ2) is 6.96. The molecule has 0 spiro atoms. The first kappa shape index (κ1) is 17.0. The van der Waals surface area contributed by atoms with Gasteiger partial charge in [-0.2, -0.15) is 0 Å². The summed E-state index contributed by atoms with van der Waals surface area (Å²) in [6, 6.07) is 0. The Morgan fingerprint density at radius 2 is 1.95 bits per heavy atom. The summed E-state index contributed by atoms with van der Waals surface area (Å²) in [7, 11) is 0. The summed E-state index contributed by atoms with van der Waals surface area (Å²) in [6.45, 7) is 2.14. The molecule has 0 amide bonds. The standard InChI is InChI=1S/C15H19Br3ClO2/c1-8-15(18)14-6-10(17)12-7-11(19)13(21(12)14)5-9(20-8)3-2-4-16/h3-4,8-15H,5-7H2,1H3/q+1/t2?,8-,9+,10-,11+,12-,13+,14+,15-/m0/s1. The smallest absolute Gasteiger partial charge is 0.176 e. The molecule has 3 rings (SSSR count). The summed E-state index contributed by atoms with van der Waals surface area (Å²) < 4.78 is 9.86. The Hall–Kier alpha value is 1.17. The highest BCUT2D eigenvalue weighted by atomic mass is 79.9. The lowest BCUT2D eigenvalue weighted by atomic mass is 10.0. The number of ether oxygens (including phenoxy) is 1. The first-order valence-corrected chi connectivity index (χ1v) is 10.5. The molecule has 8 atom stereocenters. The Balaban J connectivity index is 1.91. The van der Waals surface area contributed by atoms with Gasteiger partial charge in [-0.25, -0.2) is 0 Å². The predicted octanol–water partition coefficient (Wildman–Crippen LogP) is 4.83. The molecule has 3 saturated heterocycles. The third-order valence-electron chi connectivity index (χ3n) is 4.77. The van der Waals surface area contributed by atoms with Crippen molar-refractivity contribution < 1.29 is 9.10 Å². The van der Waals surface area contributed by atoms with Crippen LogP contribution in [0.4, 0.5) is 0 Å². The number of rotatable bonds is 1. The molecular formula is C15H19Br3ClO2+. The molecule has 0 aromatic rings. The van der Waals surface area contributed by atoms with Gasteiger partial charge < -0.3 is 9.10 Å². The normalized spacial score (nSPS) is 50.0. The molecule has 0 aliphatic carbocycles. The van der Waals surface area contributed by atoms with Gasteiger partial charge in [-0.05, 0) is 13.0 Å². The van der Waals surface area contributed by atoms with E-state index in [0.29, 0.717) is 28.0 Å². The van der Waals surface area contributed by atoms with Crippen LogP contribution in [0.3, 0.4) is 0 Å². The zero-order valence-electron chi connectivity index (χ0n) is 11.7. The van der Waals surface area contributed by atoms with Crippen molar-refractivity contribution in [3.05, 3.63) is 16.8 Å². The highest BCUT2D eigenvalue weighted by Gasteiger charge is 2.61. The van der Waals surface area contributed by atoms with E-state index in [0.717, 1.165) is 19.3 Å². The first-order chi connectivity index (χ1) is 10.0. The van der Waals surface area contributed by atoms with Crippen molar-refractivity contribution in [2.24, 2.45) is 0 Å². The fourth-order valence-electron chi connectivity index (χ4n) is 3.86. The zero-order valence-corrected chi connectivity index (χ0v) is 17.2. The number of hydrogen-bond acceptors (Lipinski definition) is 1. The molecule has 21 heavy (non-hydrogen) atoms. The lowest BCUT2D eigenvalue weighted by molar-refractivity contribution is -0.239. The second-order valence-electron chi connectivity index (χ2n) is 6.03. The molecule has 6 heteroatoms. The van der Waals surface area contributed by atoms with Crippen LogP contribution < -0.4 is 0 Å². The van der Waals surface area contributed by atoms with Crippen molar-refractivity contribution >= 4 is 59.4 Å². The van der Waals surface area contributed by atoms with Gasteiger partial charge in [0.05, 0.1) is 23.5 Å². The van der Waals surface area contributed by atoms with Gasteiger partial charge in [-0.3, -0.25) is 0 Å². The molecule has 0 radical (unpaired) electrons. The van der Waals surface area contributed by atoms with Crippen molar-refractivity contribution in [2.75, 3.05) is 0 Å². The van der Waals surface area contributed by atoms with Crippen molar-refractivity contribution in [1.29, 1.82) is 0 Å². The largest absolute Gasteiger partial charge is 0.412 e. The van der Waals surface area contributed by atoms with Gasteiger partial charge >= 0.3 is 0 Å². The summed E-state index contributed by atoms with van der Waals surface area (Å²) in [5.74, 6) is 0. The van der Waals surface area contributed by atoms with Gasteiger partial charge in [0, 0.05) is 17.8 Å². The van der Waals surface area contributed by atoms with Crippen LogP contribution in [0.5, 0.6) is 0 Å². The van der Waals surface area contributed by atoms with Crippen LogP contribution in [-0.2, 0) is 9.10 Å². The Bertz CT molecular complexity index is 454. The monoisotopic (exact) mass is 503 g/mol. The summed E-state index contributed by atoms with van der Waals surface area (Å²) >= 11 is 17.6. The maximum atomic E-state index is 6.65. The van der Waals surface area contributed by atoms with E-state index in [1.54, 1.807) is 4.99 Å². The number of halogens is 4. The molecule has 3 aliphatic rings. The molecule has 0 saturated carbocycles. The van der Waals surface area contributed by atoms with Crippen LogP contribution in [0.1, 0.15) is 26.2 Å². The lowest BCUT2D eigenvalue weighted by Crippen LogP contribution is -2.47. The fourth-order valence-corrected chi connectivity index (χ4v) is 5.83. The van der Waals surface area contributed by atoms with E-state index in [-0.39, 0.29) is 17.6 Å². The van der Waals surface area contributed by atoms with Crippen LogP contribution in [0.25, 0.3) is 0 Å². The predicted molar refractivity (Wildman–Crippen MR) is 97.3 cm³/mol. The minimum absolute atomic E-state index is 0.0432. The maximum Gasteiger partial charge on any atom is 0.176 e. The third-order valence-corrected chi connectivity index (χ3v) is 7.79. The van der Waals surface area contributed by atoms with Crippen molar-refractivity contribution in [3.63, 3.8) is 0 Å². The van der Waals surface area contributed by atoms with E-state index in [1.807, 2.05) is 6.08 Å². The molecule has 118 valence electrons. The van der Waals surface area contributed by atoms with Gasteiger partial charge in [-0.15, -0.1) is 17.3 Å². The van der Waals surface area contributed by atoms with Gasteiger partial charge in [0.25, 0.3) is 0 Å². The van der Waals surface area contributed by atoms with Crippen molar-refractivity contribution in [3.8, 4) is 0 Å². The highest BCUT2D eigenvalue weighted by molar-refractivity contribution is 9.11.